The monoisotopic (exact) mass is 153 g/mol. The van der Waals surface area contributed by atoms with Crippen molar-refractivity contribution < 1.29 is 4.74 Å². The van der Waals surface area contributed by atoms with Gasteiger partial charge < -0.3 is 4.74 Å². The van der Waals surface area contributed by atoms with Crippen molar-refractivity contribution in [3.05, 3.63) is 34.3 Å². The highest BCUT2D eigenvalue weighted by molar-refractivity contribution is 7.93. The minimum atomic E-state index is -0.407. The Kier molecular flexibility index (Phi) is 1.24. The van der Waals surface area contributed by atoms with E-state index in [0.717, 1.165) is 10.5 Å². The normalized spacial score (nSPS) is 28.6. The van der Waals surface area contributed by atoms with Crippen LogP contribution in [0, 0.1) is 4.78 Å². The van der Waals surface area contributed by atoms with Crippen LogP contribution in [0.2, 0.25) is 0 Å². The van der Waals surface area contributed by atoms with E-state index in [9.17, 15) is 0 Å². The Hall–Kier alpha value is -0.830. The lowest BCUT2D eigenvalue weighted by atomic mass is 10.2. The molecular weight excluding hydrogens is 146 g/mol. The fourth-order valence-electron chi connectivity index (χ4n) is 0.990. The van der Waals surface area contributed by atoms with Crippen LogP contribution in [0.4, 0.5) is 0 Å². The highest BCUT2D eigenvalue weighted by Crippen LogP contribution is 2.26. The minimum absolute atomic E-state index is 0.407. The molecule has 52 valence electrons. The van der Waals surface area contributed by atoms with Gasteiger partial charge in [0.1, 0.15) is 6.61 Å². The van der Waals surface area contributed by atoms with Crippen molar-refractivity contribution in [2.75, 3.05) is 6.61 Å². The van der Waals surface area contributed by atoms with Crippen molar-refractivity contribution >= 4 is 10.7 Å². The van der Waals surface area contributed by atoms with Crippen LogP contribution in [-0.2, 0) is 15.4 Å². The van der Waals surface area contributed by atoms with Crippen molar-refractivity contribution in [1.29, 1.82) is 4.78 Å². The largest absolute Gasteiger partial charge is 0.496 e. The Bertz CT molecular complexity index is 275. The Balaban J connectivity index is 2.47. The second-order valence-electron chi connectivity index (χ2n) is 2.12. The van der Waals surface area contributed by atoms with Gasteiger partial charge in [0.05, 0.1) is 6.26 Å². The van der Waals surface area contributed by atoms with Crippen LogP contribution in [0.5, 0.6) is 0 Å². The van der Waals surface area contributed by atoms with E-state index in [4.69, 9.17) is 9.52 Å². The van der Waals surface area contributed by atoms with Crippen molar-refractivity contribution in [3.63, 3.8) is 0 Å². The molecule has 0 aromatic heterocycles. The number of ether oxygens (including phenoxy) is 1. The van der Waals surface area contributed by atoms with E-state index in [0.29, 0.717) is 6.61 Å². The van der Waals surface area contributed by atoms with Gasteiger partial charge in [-0.2, -0.15) is 0 Å². The topological polar surface area (TPSA) is 33.1 Å². The van der Waals surface area contributed by atoms with Crippen LogP contribution in [0.25, 0.3) is 0 Å². The molecular formula is C7H7NOS. The molecule has 1 atom stereocenters. The molecule has 3 heteroatoms. The molecule has 1 N–H and O–H groups in total. The predicted molar refractivity (Wildman–Crippen MR) is 41.3 cm³/mol. The maximum absolute atomic E-state index is 7.53. The Morgan fingerprint density at radius 2 is 2.50 bits per heavy atom. The first-order chi connectivity index (χ1) is 4.88. The molecule has 2 heterocycles. The SMILES string of the molecule is N=S1C=CC2=COCC=C21. The first-order valence-corrected chi connectivity index (χ1v) is 4.31. The second kappa shape index (κ2) is 2.09. The minimum Gasteiger partial charge on any atom is -0.496 e. The van der Waals surface area contributed by atoms with E-state index in [1.165, 1.54) is 0 Å². The molecule has 0 saturated carbocycles. The summed E-state index contributed by atoms with van der Waals surface area (Å²) in [7, 11) is -0.407. The van der Waals surface area contributed by atoms with E-state index >= 15 is 0 Å². The fourth-order valence-corrected chi connectivity index (χ4v) is 2.04. The summed E-state index contributed by atoms with van der Waals surface area (Å²) in [6.07, 6.45) is 5.65. The predicted octanol–water partition coefficient (Wildman–Crippen LogP) is 1.69. The Morgan fingerprint density at radius 1 is 1.60 bits per heavy atom. The van der Waals surface area contributed by atoms with Gasteiger partial charge in [-0.15, -0.1) is 0 Å². The number of fused-ring (bicyclic) bond motifs is 1. The van der Waals surface area contributed by atoms with Crippen molar-refractivity contribution in [2.45, 2.75) is 0 Å². The quantitative estimate of drug-likeness (QED) is 0.564. The number of hydrogen-bond donors (Lipinski definition) is 1. The summed E-state index contributed by atoms with van der Waals surface area (Å²) in [5.74, 6) is 0. The van der Waals surface area contributed by atoms with Gasteiger partial charge in [-0.1, -0.05) is 0 Å². The molecule has 0 aliphatic carbocycles. The number of nitrogens with one attached hydrogen (secondary N) is 1. The molecule has 2 aliphatic heterocycles. The summed E-state index contributed by atoms with van der Waals surface area (Å²) in [5.41, 5.74) is 1.07. The maximum atomic E-state index is 7.53. The van der Waals surface area contributed by atoms with E-state index in [1.807, 2.05) is 17.6 Å². The van der Waals surface area contributed by atoms with E-state index < -0.39 is 10.7 Å². The van der Waals surface area contributed by atoms with E-state index in [1.54, 1.807) is 6.26 Å². The Labute approximate surface area is 61.8 Å². The average Bonchev–Trinajstić information content (AvgIpc) is 2.34. The molecule has 0 aromatic rings. The van der Waals surface area contributed by atoms with Crippen molar-refractivity contribution in [1.82, 2.24) is 0 Å². The van der Waals surface area contributed by atoms with E-state index in [-0.39, 0.29) is 0 Å². The van der Waals surface area contributed by atoms with Crippen LogP contribution in [0.3, 0.4) is 0 Å². The molecule has 0 spiro atoms. The molecule has 0 fully saturated rings. The van der Waals surface area contributed by atoms with Gasteiger partial charge in [0.15, 0.2) is 0 Å². The van der Waals surface area contributed by atoms with Gasteiger partial charge in [0, 0.05) is 10.5 Å². The summed E-state index contributed by atoms with van der Waals surface area (Å²) in [4.78, 5) is 1.12. The molecule has 2 nitrogen and oxygen atoms in total. The lowest BCUT2D eigenvalue weighted by molar-refractivity contribution is 0.283. The number of allylic oxidation sites excluding steroid dienone is 2. The summed E-state index contributed by atoms with van der Waals surface area (Å²) < 4.78 is 12.6. The summed E-state index contributed by atoms with van der Waals surface area (Å²) in [5, 5.41) is 1.90. The zero-order valence-corrected chi connectivity index (χ0v) is 6.15. The third kappa shape index (κ3) is 0.743. The first kappa shape index (κ1) is 5.92. The molecule has 0 aromatic carbocycles. The van der Waals surface area contributed by atoms with Crippen LogP contribution < -0.4 is 0 Å². The number of hydrogen-bond acceptors (Lipinski definition) is 2. The zero-order chi connectivity index (χ0) is 6.97. The average molecular weight is 153 g/mol. The zero-order valence-electron chi connectivity index (χ0n) is 5.33. The standard InChI is InChI=1S/C7H7NOS/c8-10-4-2-6-5-9-3-1-7(6)10/h1-2,4-5,8H,3H2. The van der Waals surface area contributed by atoms with Gasteiger partial charge in [0.25, 0.3) is 0 Å². The summed E-state index contributed by atoms with van der Waals surface area (Å²) >= 11 is 0. The molecule has 0 saturated heterocycles. The molecule has 0 radical (unpaired) electrons. The van der Waals surface area contributed by atoms with E-state index in [2.05, 4.69) is 0 Å². The lowest BCUT2D eigenvalue weighted by Gasteiger charge is -2.07. The first-order valence-electron chi connectivity index (χ1n) is 3.03. The highest BCUT2D eigenvalue weighted by Gasteiger charge is 2.14. The van der Waals surface area contributed by atoms with Crippen LogP contribution >= 0.6 is 0 Å². The van der Waals surface area contributed by atoms with Crippen molar-refractivity contribution in [3.8, 4) is 0 Å². The third-order valence-corrected chi connectivity index (χ3v) is 2.76. The van der Waals surface area contributed by atoms with Gasteiger partial charge >= 0.3 is 0 Å². The molecule has 2 rings (SSSR count). The smallest absolute Gasteiger partial charge is 0.107 e. The van der Waals surface area contributed by atoms with Gasteiger partial charge in [-0.05, 0) is 28.3 Å². The fraction of sp³-hybridized carbons (Fsp3) is 0.143. The van der Waals surface area contributed by atoms with Crippen LogP contribution in [0.1, 0.15) is 0 Å². The van der Waals surface area contributed by atoms with Gasteiger partial charge in [0.2, 0.25) is 0 Å². The molecule has 0 amide bonds. The van der Waals surface area contributed by atoms with Crippen LogP contribution in [-0.4, -0.2) is 6.61 Å². The van der Waals surface area contributed by atoms with Crippen LogP contribution in [0.15, 0.2) is 34.3 Å². The maximum Gasteiger partial charge on any atom is 0.107 e. The molecule has 10 heavy (non-hydrogen) atoms. The highest BCUT2D eigenvalue weighted by atomic mass is 32.2. The number of rotatable bonds is 0. The molecule has 2 aliphatic rings. The van der Waals surface area contributed by atoms with Gasteiger partial charge in [-0.25, -0.2) is 0 Å². The third-order valence-electron chi connectivity index (χ3n) is 1.48. The van der Waals surface area contributed by atoms with Crippen molar-refractivity contribution in [2.24, 2.45) is 0 Å². The Morgan fingerprint density at radius 3 is 3.30 bits per heavy atom. The summed E-state index contributed by atoms with van der Waals surface area (Å²) in [6, 6.07) is 0. The lowest BCUT2D eigenvalue weighted by Crippen LogP contribution is -1.96. The van der Waals surface area contributed by atoms with Gasteiger partial charge in [-0.3, -0.25) is 4.78 Å². The second-order valence-corrected chi connectivity index (χ2v) is 3.50. The molecule has 0 bridgehead atoms. The summed E-state index contributed by atoms with van der Waals surface area (Å²) in [6.45, 7) is 0.628. The molecule has 1 unspecified atom stereocenters.